The summed E-state index contributed by atoms with van der Waals surface area (Å²) < 4.78 is 5.79. The fourth-order valence-electron chi connectivity index (χ4n) is 2.19. The molecule has 2 nitrogen and oxygen atoms in total. The quantitative estimate of drug-likeness (QED) is 0.705. The van der Waals surface area contributed by atoms with E-state index in [4.69, 9.17) is 22.7 Å². The summed E-state index contributed by atoms with van der Waals surface area (Å²) in [4.78, 5) is 0.408. The van der Waals surface area contributed by atoms with Crippen molar-refractivity contribution >= 4 is 17.2 Å². The normalized spacial score (nSPS) is 10.2. The van der Waals surface area contributed by atoms with Crippen LogP contribution in [0.3, 0.4) is 0 Å². The summed E-state index contributed by atoms with van der Waals surface area (Å²) in [6.07, 6.45) is 0. The van der Waals surface area contributed by atoms with E-state index in [9.17, 15) is 0 Å². The van der Waals surface area contributed by atoms with Crippen LogP contribution in [-0.2, 0) is 0 Å². The van der Waals surface area contributed by atoms with Gasteiger partial charge in [-0.15, -0.1) is 0 Å². The number of benzene rings is 3. The molecule has 0 unspecified atom stereocenters. The minimum atomic E-state index is 0.408. The highest BCUT2D eigenvalue weighted by atomic mass is 32.1. The Labute approximate surface area is 135 Å². The predicted octanol–water partition coefficient (Wildman–Crippen LogP) is 4.78. The number of hydrogen-bond donors (Lipinski definition) is 1. The molecule has 0 spiro atoms. The average molecular weight is 305 g/mol. The van der Waals surface area contributed by atoms with Gasteiger partial charge in [-0.05, 0) is 41.5 Å². The van der Waals surface area contributed by atoms with Crippen LogP contribution >= 0.6 is 12.2 Å². The maximum atomic E-state index is 5.79. The number of hydrogen-bond acceptors (Lipinski definition) is 2. The molecule has 0 amide bonds. The van der Waals surface area contributed by atoms with Crippen LogP contribution in [0, 0.1) is 0 Å². The predicted molar refractivity (Wildman–Crippen MR) is 94.3 cm³/mol. The van der Waals surface area contributed by atoms with Crippen molar-refractivity contribution in [2.24, 2.45) is 5.73 Å². The van der Waals surface area contributed by atoms with E-state index in [2.05, 4.69) is 0 Å². The van der Waals surface area contributed by atoms with Gasteiger partial charge in [0, 0.05) is 5.56 Å². The zero-order valence-corrected chi connectivity index (χ0v) is 12.7. The first kappa shape index (κ1) is 14.3. The van der Waals surface area contributed by atoms with Gasteiger partial charge < -0.3 is 10.5 Å². The molecule has 2 N–H and O–H groups in total. The van der Waals surface area contributed by atoms with E-state index < -0.39 is 0 Å². The smallest absolute Gasteiger partial charge is 0.127 e. The lowest BCUT2D eigenvalue weighted by molar-refractivity contribution is 0.483. The van der Waals surface area contributed by atoms with Gasteiger partial charge in [-0.1, -0.05) is 60.7 Å². The van der Waals surface area contributed by atoms with Gasteiger partial charge in [0.2, 0.25) is 0 Å². The van der Waals surface area contributed by atoms with E-state index in [1.54, 1.807) is 0 Å². The summed E-state index contributed by atoms with van der Waals surface area (Å²) in [7, 11) is 0. The van der Waals surface area contributed by atoms with Gasteiger partial charge in [-0.3, -0.25) is 0 Å². The highest BCUT2D eigenvalue weighted by molar-refractivity contribution is 7.80. The van der Waals surface area contributed by atoms with E-state index in [0.29, 0.717) is 4.99 Å². The molecule has 3 aromatic rings. The molecule has 0 aliphatic carbocycles. The minimum Gasteiger partial charge on any atom is -0.457 e. The zero-order valence-electron chi connectivity index (χ0n) is 11.9. The first-order chi connectivity index (χ1) is 10.7. The third-order valence-electron chi connectivity index (χ3n) is 3.31. The van der Waals surface area contributed by atoms with Crippen molar-refractivity contribution in [3.8, 4) is 22.6 Å². The van der Waals surface area contributed by atoms with Gasteiger partial charge in [0.15, 0.2) is 0 Å². The first-order valence-corrected chi connectivity index (χ1v) is 7.36. The SMILES string of the molecule is NC(=S)c1cccc(-c2ccc(Oc3ccccc3)cc2)c1. The minimum absolute atomic E-state index is 0.408. The second kappa shape index (κ2) is 6.41. The van der Waals surface area contributed by atoms with Crippen LogP contribution in [0.15, 0.2) is 78.9 Å². The molecule has 0 bridgehead atoms. The van der Waals surface area contributed by atoms with Crippen molar-refractivity contribution in [2.75, 3.05) is 0 Å². The topological polar surface area (TPSA) is 35.2 Å². The van der Waals surface area contributed by atoms with E-state index in [-0.39, 0.29) is 0 Å². The van der Waals surface area contributed by atoms with Gasteiger partial charge in [-0.25, -0.2) is 0 Å². The Balaban J connectivity index is 1.82. The molecule has 0 aliphatic rings. The molecule has 3 aromatic carbocycles. The van der Waals surface area contributed by atoms with Crippen LogP contribution in [0.2, 0.25) is 0 Å². The van der Waals surface area contributed by atoms with Crippen LogP contribution < -0.4 is 10.5 Å². The van der Waals surface area contributed by atoms with Gasteiger partial charge in [0.1, 0.15) is 16.5 Å². The molecule has 0 heterocycles. The summed E-state index contributed by atoms with van der Waals surface area (Å²) in [5.74, 6) is 1.63. The Morgan fingerprint density at radius 1 is 0.727 bits per heavy atom. The van der Waals surface area contributed by atoms with Crippen LogP contribution in [0.5, 0.6) is 11.5 Å². The molecule has 3 heteroatoms. The second-order valence-corrected chi connectivity index (χ2v) is 5.32. The Hall–Kier alpha value is -2.65. The van der Waals surface area contributed by atoms with E-state index in [0.717, 1.165) is 28.2 Å². The number of ether oxygens (including phenoxy) is 1. The highest BCUT2D eigenvalue weighted by Gasteiger charge is 2.02. The van der Waals surface area contributed by atoms with E-state index in [1.165, 1.54) is 0 Å². The molecule has 0 radical (unpaired) electrons. The number of thiocarbonyl (C=S) groups is 1. The third kappa shape index (κ3) is 3.32. The van der Waals surface area contributed by atoms with Crippen LogP contribution in [0.25, 0.3) is 11.1 Å². The van der Waals surface area contributed by atoms with Gasteiger partial charge >= 0.3 is 0 Å². The summed E-state index contributed by atoms with van der Waals surface area (Å²) in [6, 6.07) is 25.6. The molecule has 0 aromatic heterocycles. The molecule has 22 heavy (non-hydrogen) atoms. The molecular weight excluding hydrogens is 290 g/mol. The Kier molecular flexibility index (Phi) is 4.17. The van der Waals surface area contributed by atoms with E-state index in [1.807, 2.05) is 78.9 Å². The second-order valence-electron chi connectivity index (χ2n) is 4.88. The van der Waals surface area contributed by atoms with Crippen molar-refractivity contribution in [3.63, 3.8) is 0 Å². The zero-order chi connectivity index (χ0) is 15.4. The summed E-state index contributed by atoms with van der Waals surface area (Å²) in [5.41, 5.74) is 8.73. The fourth-order valence-corrected chi connectivity index (χ4v) is 2.32. The van der Waals surface area contributed by atoms with Gasteiger partial charge in [-0.2, -0.15) is 0 Å². The lowest BCUT2D eigenvalue weighted by Gasteiger charge is -2.08. The fraction of sp³-hybridized carbons (Fsp3) is 0. The Morgan fingerprint density at radius 3 is 2.09 bits per heavy atom. The molecule has 0 fully saturated rings. The molecule has 0 saturated carbocycles. The summed E-state index contributed by atoms with van der Waals surface area (Å²) in [6.45, 7) is 0. The maximum absolute atomic E-state index is 5.79. The lowest BCUT2D eigenvalue weighted by Crippen LogP contribution is -2.08. The highest BCUT2D eigenvalue weighted by Crippen LogP contribution is 2.26. The molecular formula is C19H15NOS. The van der Waals surface area contributed by atoms with E-state index >= 15 is 0 Å². The molecule has 0 saturated heterocycles. The number of rotatable bonds is 4. The summed E-state index contributed by atoms with van der Waals surface area (Å²) >= 11 is 5.02. The van der Waals surface area contributed by atoms with Crippen molar-refractivity contribution < 1.29 is 4.74 Å². The monoisotopic (exact) mass is 305 g/mol. The van der Waals surface area contributed by atoms with Crippen molar-refractivity contribution in [1.29, 1.82) is 0 Å². The van der Waals surface area contributed by atoms with Crippen LogP contribution in [0.4, 0.5) is 0 Å². The largest absolute Gasteiger partial charge is 0.457 e. The van der Waals surface area contributed by atoms with Crippen LogP contribution in [-0.4, -0.2) is 4.99 Å². The molecule has 0 atom stereocenters. The van der Waals surface area contributed by atoms with Gasteiger partial charge in [0.25, 0.3) is 0 Å². The summed E-state index contributed by atoms with van der Waals surface area (Å²) in [5, 5.41) is 0. The lowest BCUT2D eigenvalue weighted by atomic mass is 10.0. The van der Waals surface area contributed by atoms with Crippen molar-refractivity contribution in [1.82, 2.24) is 0 Å². The number of nitrogens with two attached hydrogens (primary N) is 1. The first-order valence-electron chi connectivity index (χ1n) is 6.95. The standard InChI is InChI=1S/C19H15NOS/c20-19(22)16-6-4-5-15(13-16)14-9-11-18(12-10-14)21-17-7-2-1-3-8-17/h1-13H,(H2,20,22). The third-order valence-corrected chi connectivity index (χ3v) is 3.55. The van der Waals surface area contributed by atoms with Crippen molar-refractivity contribution in [3.05, 3.63) is 84.4 Å². The molecule has 3 rings (SSSR count). The molecule has 0 aliphatic heterocycles. The Bertz CT molecular complexity index is 782. The number of para-hydroxylation sites is 1. The molecule has 108 valence electrons. The Morgan fingerprint density at radius 2 is 1.41 bits per heavy atom. The average Bonchev–Trinajstić information content (AvgIpc) is 2.56. The van der Waals surface area contributed by atoms with Gasteiger partial charge in [0.05, 0.1) is 0 Å². The maximum Gasteiger partial charge on any atom is 0.127 e. The van der Waals surface area contributed by atoms with Crippen LogP contribution in [0.1, 0.15) is 5.56 Å². The van der Waals surface area contributed by atoms with Crippen molar-refractivity contribution in [2.45, 2.75) is 0 Å².